The summed E-state index contributed by atoms with van der Waals surface area (Å²) in [5.41, 5.74) is 5.85. The molecule has 1 saturated heterocycles. The van der Waals surface area contributed by atoms with Gasteiger partial charge < -0.3 is 15.0 Å². The molecule has 21 heavy (non-hydrogen) atoms. The Balaban J connectivity index is 1.76. The molecule has 2 atom stereocenters. The highest BCUT2D eigenvalue weighted by Crippen LogP contribution is 2.38. The SMILES string of the molecule is CCC1CCCC(c2noc(C3(CN)CCOCC3)n2)C1. The number of nitrogens with zero attached hydrogens (tertiary/aromatic N) is 2. The number of rotatable bonds is 4. The van der Waals surface area contributed by atoms with Crippen LogP contribution in [0, 0.1) is 5.92 Å². The summed E-state index contributed by atoms with van der Waals surface area (Å²) in [5.74, 6) is 2.93. The molecule has 2 fully saturated rings. The number of ether oxygens (including phenoxy) is 1. The van der Waals surface area contributed by atoms with E-state index in [0.717, 1.165) is 43.7 Å². The van der Waals surface area contributed by atoms with Crippen molar-refractivity contribution in [1.29, 1.82) is 0 Å². The largest absolute Gasteiger partial charge is 0.381 e. The fourth-order valence-electron chi connectivity index (χ4n) is 3.78. The molecule has 3 rings (SSSR count). The van der Waals surface area contributed by atoms with Gasteiger partial charge in [0, 0.05) is 25.7 Å². The molecule has 1 aromatic rings. The molecule has 5 heteroatoms. The summed E-state index contributed by atoms with van der Waals surface area (Å²) >= 11 is 0. The van der Waals surface area contributed by atoms with Gasteiger partial charge in [0.1, 0.15) is 0 Å². The third-order valence-electron chi connectivity index (χ3n) is 5.46. The zero-order valence-corrected chi connectivity index (χ0v) is 13.0. The second-order valence-corrected chi connectivity index (χ2v) is 6.69. The van der Waals surface area contributed by atoms with Crippen LogP contribution in [0.1, 0.15) is 69.5 Å². The van der Waals surface area contributed by atoms with Crippen molar-refractivity contribution in [3.63, 3.8) is 0 Å². The lowest BCUT2D eigenvalue weighted by molar-refractivity contribution is 0.0409. The van der Waals surface area contributed by atoms with Gasteiger partial charge in [0.15, 0.2) is 5.82 Å². The Morgan fingerprint density at radius 3 is 2.81 bits per heavy atom. The van der Waals surface area contributed by atoms with Crippen LogP contribution < -0.4 is 5.73 Å². The highest BCUT2D eigenvalue weighted by molar-refractivity contribution is 5.09. The van der Waals surface area contributed by atoms with Crippen LogP contribution in [-0.2, 0) is 10.2 Å². The number of hydrogen-bond donors (Lipinski definition) is 1. The summed E-state index contributed by atoms with van der Waals surface area (Å²) in [7, 11) is 0. The fraction of sp³-hybridized carbons (Fsp3) is 0.875. The topological polar surface area (TPSA) is 74.2 Å². The van der Waals surface area contributed by atoms with Gasteiger partial charge in [-0.1, -0.05) is 31.3 Å². The van der Waals surface area contributed by atoms with Gasteiger partial charge in [0.05, 0.1) is 5.41 Å². The molecule has 2 aliphatic rings. The number of nitrogens with two attached hydrogens (primary N) is 1. The lowest BCUT2D eigenvalue weighted by Crippen LogP contribution is -2.41. The van der Waals surface area contributed by atoms with Crippen molar-refractivity contribution < 1.29 is 9.26 Å². The third-order valence-corrected chi connectivity index (χ3v) is 5.46. The molecule has 0 aromatic carbocycles. The van der Waals surface area contributed by atoms with Crippen LogP contribution in [0.15, 0.2) is 4.52 Å². The zero-order chi connectivity index (χ0) is 14.7. The Bertz CT molecular complexity index is 454. The van der Waals surface area contributed by atoms with Crippen molar-refractivity contribution in [2.24, 2.45) is 11.7 Å². The smallest absolute Gasteiger partial charge is 0.234 e. The van der Waals surface area contributed by atoms with Gasteiger partial charge in [-0.05, 0) is 31.6 Å². The molecule has 1 saturated carbocycles. The minimum atomic E-state index is -0.164. The van der Waals surface area contributed by atoms with E-state index in [0.29, 0.717) is 12.5 Å². The van der Waals surface area contributed by atoms with E-state index in [-0.39, 0.29) is 5.41 Å². The molecule has 118 valence electrons. The molecule has 2 unspecified atom stereocenters. The maximum atomic E-state index is 6.02. The highest BCUT2D eigenvalue weighted by atomic mass is 16.5. The van der Waals surface area contributed by atoms with Crippen LogP contribution in [0.4, 0.5) is 0 Å². The minimum absolute atomic E-state index is 0.164. The van der Waals surface area contributed by atoms with E-state index in [1.807, 2.05) is 0 Å². The van der Waals surface area contributed by atoms with Crippen molar-refractivity contribution in [2.75, 3.05) is 19.8 Å². The molecule has 0 amide bonds. The molecule has 0 radical (unpaired) electrons. The van der Waals surface area contributed by atoms with Gasteiger partial charge in [-0.2, -0.15) is 4.98 Å². The van der Waals surface area contributed by atoms with Crippen molar-refractivity contribution in [3.05, 3.63) is 11.7 Å². The summed E-state index contributed by atoms with van der Waals surface area (Å²) in [6.07, 6.45) is 8.04. The molecular formula is C16H27N3O2. The Labute approximate surface area is 126 Å². The van der Waals surface area contributed by atoms with E-state index in [1.165, 1.54) is 32.1 Å². The summed E-state index contributed by atoms with van der Waals surface area (Å²) in [4.78, 5) is 4.76. The maximum absolute atomic E-state index is 6.02. The molecule has 1 aliphatic heterocycles. The first-order valence-corrected chi connectivity index (χ1v) is 8.39. The molecule has 2 heterocycles. The summed E-state index contributed by atoms with van der Waals surface area (Å²) in [6.45, 7) is 4.30. The van der Waals surface area contributed by atoms with E-state index in [2.05, 4.69) is 12.1 Å². The third kappa shape index (κ3) is 2.99. The molecule has 1 aromatic heterocycles. The Hall–Kier alpha value is -0.940. The van der Waals surface area contributed by atoms with E-state index < -0.39 is 0 Å². The van der Waals surface area contributed by atoms with Crippen molar-refractivity contribution >= 4 is 0 Å². The van der Waals surface area contributed by atoms with Gasteiger partial charge in [-0.25, -0.2) is 0 Å². The zero-order valence-electron chi connectivity index (χ0n) is 13.0. The highest BCUT2D eigenvalue weighted by Gasteiger charge is 2.39. The van der Waals surface area contributed by atoms with Gasteiger partial charge in [0.2, 0.25) is 5.89 Å². The Morgan fingerprint density at radius 2 is 2.10 bits per heavy atom. The lowest BCUT2D eigenvalue weighted by Gasteiger charge is -2.32. The molecular weight excluding hydrogens is 266 g/mol. The minimum Gasteiger partial charge on any atom is -0.381 e. The van der Waals surface area contributed by atoms with Gasteiger partial charge in [-0.15, -0.1) is 0 Å². The van der Waals surface area contributed by atoms with Crippen LogP contribution in [0.3, 0.4) is 0 Å². The van der Waals surface area contributed by atoms with Crippen molar-refractivity contribution in [3.8, 4) is 0 Å². The Kier molecular flexibility index (Phi) is 4.60. The Morgan fingerprint density at radius 1 is 1.29 bits per heavy atom. The van der Waals surface area contributed by atoms with E-state index in [1.54, 1.807) is 0 Å². The number of hydrogen-bond acceptors (Lipinski definition) is 5. The quantitative estimate of drug-likeness (QED) is 0.924. The summed E-state index contributed by atoms with van der Waals surface area (Å²) < 4.78 is 11.1. The van der Waals surface area contributed by atoms with Gasteiger partial charge in [0.25, 0.3) is 0 Å². The standard InChI is InChI=1S/C16H27N3O2/c1-2-12-4-3-5-13(10-12)14-18-15(21-19-14)16(11-17)6-8-20-9-7-16/h12-13H,2-11,17H2,1H3. The predicted molar refractivity (Wildman–Crippen MR) is 80.1 cm³/mol. The first-order chi connectivity index (χ1) is 10.3. The summed E-state index contributed by atoms with van der Waals surface area (Å²) in [6, 6.07) is 0. The molecule has 5 nitrogen and oxygen atoms in total. The van der Waals surface area contributed by atoms with Crippen molar-refractivity contribution in [1.82, 2.24) is 10.1 Å². The second-order valence-electron chi connectivity index (χ2n) is 6.69. The van der Waals surface area contributed by atoms with Crippen molar-refractivity contribution in [2.45, 2.75) is 63.2 Å². The average molecular weight is 293 g/mol. The van der Waals surface area contributed by atoms with Crippen LogP contribution in [0.2, 0.25) is 0 Å². The van der Waals surface area contributed by atoms with Gasteiger partial charge in [-0.3, -0.25) is 0 Å². The van der Waals surface area contributed by atoms with E-state index >= 15 is 0 Å². The molecule has 0 bridgehead atoms. The normalized spacial score (nSPS) is 29.4. The van der Waals surface area contributed by atoms with Gasteiger partial charge >= 0.3 is 0 Å². The first kappa shape index (κ1) is 15.0. The molecule has 2 N–H and O–H groups in total. The molecule has 0 spiro atoms. The van der Waals surface area contributed by atoms with Crippen LogP contribution in [0.25, 0.3) is 0 Å². The lowest BCUT2D eigenvalue weighted by atomic mass is 9.79. The van der Waals surface area contributed by atoms with E-state index in [4.69, 9.17) is 20.0 Å². The fourth-order valence-corrected chi connectivity index (χ4v) is 3.78. The van der Waals surface area contributed by atoms with Crippen LogP contribution >= 0.6 is 0 Å². The average Bonchev–Trinajstić information content (AvgIpc) is 3.06. The summed E-state index contributed by atoms with van der Waals surface area (Å²) in [5, 5.41) is 4.29. The maximum Gasteiger partial charge on any atom is 0.234 e. The van der Waals surface area contributed by atoms with E-state index in [9.17, 15) is 0 Å². The monoisotopic (exact) mass is 293 g/mol. The first-order valence-electron chi connectivity index (χ1n) is 8.39. The second kappa shape index (κ2) is 6.44. The van der Waals surface area contributed by atoms with Crippen LogP contribution in [0.5, 0.6) is 0 Å². The molecule has 1 aliphatic carbocycles. The predicted octanol–water partition coefficient (Wildman–Crippen LogP) is 2.76. The van der Waals surface area contributed by atoms with Crippen LogP contribution in [-0.4, -0.2) is 29.9 Å². The number of aromatic nitrogens is 2.